The van der Waals surface area contributed by atoms with Gasteiger partial charge in [-0.05, 0) is 95.1 Å². The van der Waals surface area contributed by atoms with Gasteiger partial charge in [0.15, 0.2) is 0 Å². The Morgan fingerprint density at radius 3 is 1.28 bits per heavy atom. The van der Waals surface area contributed by atoms with E-state index in [4.69, 9.17) is 0 Å². The fraction of sp³-hybridized carbons (Fsp3) is 0.436. The highest BCUT2D eigenvalue weighted by Crippen LogP contribution is 2.41. The van der Waals surface area contributed by atoms with Gasteiger partial charge >= 0.3 is 0 Å². The number of rotatable bonds is 10. The van der Waals surface area contributed by atoms with Gasteiger partial charge in [-0.3, -0.25) is 0 Å². The van der Waals surface area contributed by atoms with Crippen LogP contribution in [0.4, 0.5) is 0 Å². The molecule has 0 fully saturated rings. The van der Waals surface area contributed by atoms with Gasteiger partial charge in [0.05, 0.1) is 0 Å². The Labute approximate surface area is 241 Å². The Hall–Kier alpha value is -2.86. The van der Waals surface area contributed by atoms with E-state index in [0.717, 1.165) is 0 Å². The summed E-state index contributed by atoms with van der Waals surface area (Å²) in [5.41, 5.74) is 10.5. The molecule has 0 heterocycles. The predicted molar refractivity (Wildman–Crippen MR) is 177 cm³/mol. The SMILES string of the molecule is CC1=C(/C=C/C(C)=C/C=C/C=C/C=C/C=C(C)/C=C/C=C(C)/C=C/C2=C(C)CCCC2(C)C)C(C)(C)CCC1. The van der Waals surface area contributed by atoms with Crippen LogP contribution in [0, 0.1) is 10.8 Å². The van der Waals surface area contributed by atoms with Gasteiger partial charge in [-0.1, -0.05) is 147 Å². The van der Waals surface area contributed by atoms with Crippen molar-refractivity contribution >= 4 is 0 Å². The predicted octanol–water partition coefficient (Wildman–Crippen LogP) is 12.2. The second-order valence-corrected chi connectivity index (χ2v) is 12.8. The summed E-state index contributed by atoms with van der Waals surface area (Å²) in [6.07, 6.45) is 40.1. The summed E-state index contributed by atoms with van der Waals surface area (Å²) in [6, 6.07) is 0. The zero-order valence-electron chi connectivity index (χ0n) is 26.4. The van der Waals surface area contributed by atoms with Gasteiger partial charge in [-0.25, -0.2) is 0 Å². The van der Waals surface area contributed by atoms with Crippen molar-refractivity contribution in [1.29, 1.82) is 0 Å². The third-order valence-electron chi connectivity index (χ3n) is 8.10. The van der Waals surface area contributed by atoms with Crippen LogP contribution in [0.25, 0.3) is 0 Å². The third-order valence-corrected chi connectivity index (χ3v) is 8.10. The van der Waals surface area contributed by atoms with E-state index in [9.17, 15) is 0 Å². The molecular weight excluding hydrogens is 468 g/mol. The van der Waals surface area contributed by atoms with Gasteiger partial charge in [0.1, 0.15) is 0 Å². The fourth-order valence-corrected chi connectivity index (χ4v) is 5.64. The topological polar surface area (TPSA) is 0 Å². The maximum absolute atomic E-state index is 2.37. The summed E-state index contributed by atoms with van der Waals surface area (Å²) >= 11 is 0. The Morgan fingerprint density at radius 1 is 0.513 bits per heavy atom. The zero-order chi connectivity index (χ0) is 28.9. The molecule has 0 amide bonds. The number of hydrogen-bond acceptors (Lipinski definition) is 0. The lowest BCUT2D eigenvalue weighted by Crippen LogP contribution is -2.19. The van der Waals surface area contributed by atoms with E-state index in [0.29, 0.717) is 10.8 Å². The van der Waals surface area contributed by atoms with Gasteiger partial charge in [0, 0.05) is 0 Å². The third kappa shape index (κ3) is 11.4. The average Bonchev–Trinajstić information content (AvgIpc) is 2.84. The van der Waals surface area contributed by atoms with Crippen LogP contribution in [0.2, 0.25) is 0 Å². The number of allylic oxidation sites excluding steroid dienone is 22. The summed E-state index contributed by atoms with van der Waals surface area (Å²) in [5, 5.41) is 0. The lowest BCUT2D eigenvalue weighted by atomic mass is 9.72. The van der Waals surface area contributed by atoms with Crippen molar-refractivity contribution in [2.75, 3.05) is 0 Å². The molecule has 0 aliphatic heterocycles. The largest absolute Gasteiger partial charge is 0.0696 e. The maximum Gasteiger partial charge on any atom is -0.0104 e. The molecule has 0 radical (unpaired) electrons. The molecule has 0 nitrogen and oxygen atoms in total. The summed E-state index contributed by atoms with van der Waals surface area (Å²) in [5.74, 6) is 0. The normalized spacial score (nSPS) is 21.9. The average molecular weight is 523 g/mol. The second kappa shape index (κ2) is 15.7. The van der Waals surface area contributed by atoms with Gasteiger partial charge in [-0.15, -0.1) is 0 Å². The Balaban J connectivity index is 1.83. The lowest BCUT2D eigenvalue weighted by Gasteiger charge is -2.33. The van der Waals surface area contributed by atoms with Crippen molar-refractivity contribution in [3.8, 4) is 0 Å². The molecule has 0 heteroatoms. The van der Waals surface area contributed by atoms with Crippen LogP contribution in [-0.4, -0.2) is 0 Å². The second-order valence-electron chi connectivity index (χ2n) is 12.8. The first-order valence-electron chi connectivity index (χ1n) is 14.9. The van der Waals surface area contributed by atoms with Gasteiger partial charge in [0.2, 0.25) is 0 Å². The molecule has 0 aromatic heterocycles. The Kier molecular flexibility index (Phi) is 13.0. The highest BCUT2D eigenvalue weighted by molar-refractivity contribution is 5.38. The molecular formula is C39H54. The first-order chi connectivity index (χ1) is 18.4. The molecule has 39 heavy (non-hydrogen) atoms. The van der Waals surface area contributed by atoms with Gasteiger partial charge < -0.3 is 0 Å². The minimum atomic E-state index is 0.293. The maximum atomic E-state index is 2.37. The highest BCUT2D eigenvalue weighted by atomic mass is 14.3. The first-order valence-corrected chi connectivity index (χ1v) is 14.9. The first kappa shape index (κ1) is 32.4. The van der Waals surface area contributed by atoms with Crippen molar-refractivity contribution in [2.45, 2.75) is 101 Å². The molecule has 2 aliphatic carbocycles. The lowest BCUT2D eigenvalue weighted by molar-refractivity contribution is 0.376. The van der Waals surface area contributed by atoms with E-state index in [-0.39, 0.29) is 0 Å². The van der Waals surface area contributed by atoms with Crippen molar-refractivity contribution in [2.24, 2.45) is 10.8 Å². The molecule has 0 saturated carbocycles. The molecule has 2 aliphatic rings. The van der Waals surface area contributed by atoms with Crippen LogP contribution < -0.4 is 0 Å². The summed E-state index contributed by atoms with van der Waals surface area (Å²) in [4.78, 5) is 0. The molecule has 0 aromatic carbocycles. The standard InChI is InChI=1S/C39H54/c1-31(21-16-22-33(3)26-28-37-35(5)24-18-30-39(37,8)9)19-14-12-10-11-13-15-20-32(2)25-27-36-34(4)23-17-29-38(36,6)7/h10-16,19-22,25-28H,17-18,23-24,29-30H2,1-9H3/b11-10+,14-12+,15-13+,21-16+,27-25+,28-26+,31-19+,32-20+,33-22+. The zero-order valence-corrected chi connectivity index (χ0v) is 26.4. The van der Waals surface area contributed by atoms with E-state index in [1.165, 1.54) is 66.4 Å². The molecule has 0 bridgehead atoms. The Bertz CT molecular complexity index is 1170. The van der Waals surface area contributed by atoms with Crippen molar-refractivity contribution < 1.29 is 0 Å². The highest BCUT2D eigenvalue weighted by Gasteiger charge is 2.27. The van der Waals surface area contributed by atoms with Crippen LogP contribution in [-0.2, 0) is 0 Å². The van der Waals surface area contributed by atoms with Crippen molar-refractivity contribution in [3.63, 3.8) is 0 Å². The van der Waals surface area contributed by atoms with E-state index in [2.05, 4.69) is 153 Å². The minimum absolute atomic E-state index is 0.293. The quantitative estimate of drug-likeness (QED) is 0.250. The van der Waals surface area contributed by atoms with Crippen LogP contribution in [0.15, 0.2) is 130 Å². The Morgan fingerprint density at radius 2 is 0.872 bits per heavy atom. The van der Waals surface area contributed by atoms with Crippen molar-refractivity contribution in [1.82, 2.24) is 0 Å². The molecule has 0 spiro atoms. The molecule has 0 aromatic rings. The van der Waals surface area contributed by atoms with Crippen LogP contribution >= 0.6 is 0 Å². The van der Waals surface area contributed by atoms with E-state index < -0.39 is 0 Å². The molecule has 0 unspecified atom stereocenters. The van der Waals surface area contributed by atoms with Crippen LogP contribution in [0.5, 0.6) is 0 Å². The smallest absolute Gasteiger partial charge is 0.0104 e. The van der Waals surface area contributed by atoms with E-state index >= 15 is 0 Å². The molecule has 0 N–H and O–H groups in total. The van der Waals surface area contributed by atoms with Gasteiger partial charge in [0.25, 0.3) is 0 Å². The van der Waals surface area contributed by atoms with Crippen molar-refractivity contribution in [3.05, 3.63) is 130 Å². The molecule has 0 atom stereocenters. The van der Waals surface area contributed by atoms with Crippen LogP contribution in [0.1, 0.15) is 101 Å². The number of hydrogen-bond donors (Lipinski definition) is 0. The summed E-state index contributed by atoms with van der Waals surface area (Å²) < 4.78 is 0. The fourth-order valence-electron chi connectivity index (χ4n) is 5.64. The van der Waals surface area contributed by atoms with E-state index in [1.54, 1.807) is 11.1 Å². The van der Waals surface area contributed by atoms with Crippen LogP contribution in [0.3, 0.4) is 0 Å². The molecule has 210 valence electrons. The molecule has 0 saturated heterocycles. The molecule has 2 rings (SSSR count). The summed E-state index contributed by atoms with van der Waals surface area (Å²) in [6.45, 7) is 20.5. The van der Waals surface area contributed by atoms with E-state index in [1.807, 2.05) is 0 Å². The monoisotopic (exact) mass is 522 g/mol. The van der Waals surface area contributed by atoms with Gasteiger partial charge in [-0.2, -0.15) is 0 Å². The minimum Gasteiger partial charge on any atom is -0.0696 e. The summed E-state index contributed by atoms with van der Waals surface area (Å²) in [7, 11) is 0.